The van der Waals surface area contributed by atoms with Crippen molar-refractivity contribution in [1.29, 1.82) is 0 Å². The number of imidazole rings is 1. The van der Waals surface area contributed by atoms with Crippen molar-refractivity contribution in [3.63, 3.8) is 0 Å². The lowest BCUT2D eigenvalue weighted by Gasteiger charge is -2.26. The zero-order chi connectivity index (χ0) is 14.3. The maximum absolute atomic E-state index is 12.3. The number of hydrogen-bond donors (Lipinski definition) is 1. The second-order valence-electron chi connectivity index (χ2n) is 5.43. The number of hydrogen-bond acceptors (Lipinski definition) is 5. The summed E-state index contributed by atoms with van der Waals surface area (Å²) in [4.78, 5) is 5.74. The lowest BCUT2D eigenvalue weighted by Crippen LogP contribution is -2.43. The molecule has 0 unspecified atom stereocenters. The van der Waals surface area contributed by atoms with Gasteiger partial charge < -0.3 is 14.6 Å². The molecule has 1 aromatic heterocycles. The van der Waals surface area contributed by atoms with Gasteiger partial charge in [0, 0.05) is 32.9 Å². The minimum absolute atomic E-state index is 0.0316. The second kappa shape index (κ2) is 4.86. The van der Waals surface area contributed by atoms with Gasteiger partial charge in [-0.3, -0.25) is 0 Å². The molecule has 0 spiro atoms. The van der Waals surface area contributed by atoms with Gasteiger partial charge in [0.1, 0.15) is 0 Å². The minimum Gasteiger partial charge on any atom is -0.387 e. The van der Waals surface area contributed by atoms with Gasteiger partial charge in [0.15, 0.2) is 5.03 Å². The molecule has 0 aromatic carbocycles. The van der Waals surface area contributed by atoms with Crippen molar-refractivity contribution in [3.05, 3.63) is 12.5 Å². The molecule has 1 atom stereocenters. The van der Waals surface area contributed by atoms with Gasteiger partial charge in [-0.15, -0.1) is 0 Å². The normalized spacial score (nSPS) is 25.3. The summed E-state index contributed by atoms with van der Waals surface area (Å²) in [5, 5.41) is 10.4. The van der Waals surface area contributed by atoms with E-state index in [1.807, 2.05) is 19.0 Å². The first-order chi connectivity index (χ1) is 8.73. The van der Waals surface area contributed by atoms with Crippen molar-refractivity contribution in [2.75, 3.05) is 33.7 Å². The van der Waals surface area contributed by atoms with Gasteiger partial charge in [-0.1, -0.05) is 0 Å². The molecule has 0 bridgehead atoms. The number of aliphatic hydroxyl groups is 1. The fourth-order valence-electron chi connectivity index (χ4n) is 2.40. The lowest BCUT2D eigenvalue weighted by molar-refractivity contribution is 0.0302. The molecule has 0 aliphatic carbocycles. The third-order valence-electron chi connectivity index (χ3n) is 3.19. The van der Waals surface area contributed by atoms with Crippen LogP contribution in [0.1, 0.15) is 6.42 Å². The molecule has 1 N–H and O–H groups in total. The molecule has 1 aliphatic rings. The molecule has 2 rings (SSSR count). The van der Waals surface area contributed by atoms with Crippen LogP contribution < -0.4 is 0 Å². The quantitative estimate of drug-likeness (QED) is 0.777. The van der Waals surface area contributed by atoms with Crippen LogP contribution >= 0.6 is 0 Å². The summed E-state index contributed by atoms with van der Waals surface area (Å²) in [6.07, 6.45) is 3.37. The first-order valence-electron chi connectivity index (χ1n) is 6.08. The summed E-state index contributed by atoms with van der Waals surface area (Å²) in [6.45, 7) is 0.884. The summed E-state index contributed by atoms with van der Waals surface area (Å²) >= 11 is 0. The van der Waals surface area contributed by atoms with Gasteiger partial charge in [0.2, 0.25) is 0 Å². The van der Waals surface area contributed by atoms with Crippen LogP contribution in [-0.2, 0) is 17.1 Å². The average molecular weight is 288 g/mol. The van der Waals surface area contributed by atoms with E-state index in [1.165, 1.54) is 16.8 Å². The highest BCUT2D eigenvalue weighted by molar-refractivity contribution is 7.89. The van der Waals surface area contributed by atoms with E-state index in [0.29, 0.717) is 19.5 Å². The highest BCUT2D eigenvalue weighted by atomic mass is 32.2. The van der Waals surface area contributed by atoms with Crippen LogP contribution in [0.5, 0.6) is 0 Å². The summed E-state index contributed by atoms with van der Waals surface area (Å²) < 4.78 is 27.6. The molecule has 1 fully saturated rings. The topological polar surface area (TPSA) is 78.7 Å². The Morgan fingerprint density at radius 1 is 1.53 bits per heavy atom. The van der Waals surface area contributed by atoms with Crippen LogP contribution in [0.25, 0.3) is 0 Å². The first-order valence-corrected chi connectivity index (χ1v) is 7.52. The first kappa shape index (κ1) is 14.4. The molecule has 1 aliphatic heterocycles. The van der Waals surface area contributed by atoms with E-state index in [1.54, 1.807) is 11.6 Å². The van der Waals surface area contributed by atoms with Crippen LogP contribution in [0.3, 0.4) is 0 Å². The van der Waals surface area contributed by atoms with Gasteiger partial charge in [-0.25, -0.2) is 13.4 Å². The average Bonchev–Trinajstić information content (AvgIpc) is 2.84. The van der Waals surface area contributed by atoms with Gasteiger partial charge >= 0.3 is 0 Å². The van der Waals surface area contributed by atoms with Crippen molar-refractivity contribution in [2.24, 2.45) is 7.05 Å². The predicted octanol–water partition coefficient (Wildman–Crippen LogP) is -0.893. The van der Waals surface area contributed by atoms with Crippen molar-refractivity contribution >= 4 is 10.0 Å². The highest BCUT2D eigenvalue weighted by Gasteiger charge is 2.42. The summed E-state index contributed by atoms with van der Waals surface area (Å²) in [7, 11) is 1.83. The molecule has 19 heavy (non-hydrogen) atoms. The summed E-state index contributed by atoms with van der Waals surface area (Å²) in [5.74, 6) is 0. The van der Waals surface area contributed by atoms with Gasteiger partial charge in [0.25, 0.3) is 10.0 Å². The SMILES string of the molecule is CN(C)C[C@]1(O)CCN(S(=O)(=O)c2cn(C)cn2)C1. The van der Waals surface area contributed by atoms with Crippen molar-refractivity contribution in [3.8, 4) is 0 Å². The highest BCUT2D eigenvalue weighted by Crippen LogP contribution is 2.26. The maximum Gasteiger partial charge on any atom is 0.262 e. The van der Waals surface area contributed by atoms with E-state index in [2.05, 4.69) is 4.98 Å². The molecule has 0 radical (unpaired) electrons. The van der Waals surface area contributed by atoms with Crippen LogP contribution in [0.2, 0.25) is 0 Å². The number of rotatable bonds is 4. The van der Waals surface area contributed by atoms with Crippen molar-refractivity contribution in [2.45, 2.75) is 17.0 Å². The molecule has 1 saturated heterocycles. The fraction of sp³-hybridized carbons (Fsp3) is 0.727. The molecule has 8 heteroatoms. The van der Waals surface area contributed by atoms with Crippen LogP contribution in [0.15, 0.2) is 17.6 Å². The Balaban J connectivity index is 2.16. The van der Waals surface area contributed by atoms with Crippen LogP contribution in [0, 0.1) is 0 Å². The number of nitrogens with zero attached hydrogens (tertiary/aromatic N) is 4. The Morgan fingerprint density at radius 3 is 2.74 bits per heavy atom. The second-order valence-corrected chi connectivity index (χ2v) is 7.31. The Morgan fingerprint density at radius 2 is 2.21 bits per heavy atom. The zero-order valence-corrected chi connectivity index (χ0v) is 12.3. The molecule has 108 valence electrons. The van der Waals surface area contributed by atoms with E-state index in [9.17, 15) is 13.5 Å². The van der Waals surface area contributed by atoms with Gasteiger partial charge in [-0.05, 0) is 20.5 Å². The maximum atomic E-state index is 12.3. The predicted molar refractivity (Wildman–Crippen MR) is 70.1 cm³/mol. The molecule has 7 nitrogen and oxygen atoms in total. The summed E-state index contributed by atoms with van der Waals surface area (Å²) in [6, 6.07) is 0. The van der Waals surface area contributed by atoms with Gasteiger partial charge in [0.05, 0.1) is 11.9 Å². The lowest BCUT2D eigenvalue weighted by atomic mass is 10.0. The minimum atomic E-state index is -3.60. The summed E-state index contributed by atoms with van der Waals surface area (Å²) in [5.41, 5.74) is -0.981. The van der Waals surface area contributed by atoms with E-state index >= 15 is 0 Å². The largest absolute Gasteiger partial charge is 0.387 e. The van der Waals surface area contributed by atoms with Crippen molar-refractivity contribution < 1.29 is 13.5 Å². The van der Waals surface area contributed by atoms with E-state index in [-0.39, 0.29) is 11.6 Å². The molecule has 0 saturated carbocycles. The standard InChI is InChI=1S/C11H20N4O3S/c1-13(2)7-11(16)4-5-15(8-11)19(17,18)10-6-14(3)9-12-10/h6,9,16H,4-5,7-8H2,1-3H3/t11-/m1/s1. The van der Waals surface area contributed by atoms with Crippen LogP contribution in [-0.4, -0.2) is 71.6 Å². The number of aryl methyl sites for hydroxylation is 1. The fourth-order valence-corrected chi connectivity index (χ4v) is 3.88. The number of β-amino-alcohol motifs (C(OH)–C–C–N with tert-alkyl or cyclic N) is 1. The molecular weight excluding hydrogens is 268 g/mol. The van der Waals surface area contributed by atoms with Crippen LogP contribution in [0.4, 0.5) is 0 Å². The Kier molecular flexibility index (Phi) is 3.69. The Bertz CT molecular complexity index is 554. The van der Waals surface area contributed by atoms with E-state index in [4.69, 9.17) is 0 Å². The van der Waals surface area contributed by atoms with Gasteiger partial charge in [-0.2, -0.15) is 4.31 Å². The molecule has 0 amide bonds. The van der Waals surface area contributed by atoms with E-state index in [0.717, 1.165) is 0 Å². The third kappa shape index (κ3) is 2.97. The van der Waals surface area contributed by atoms with Crippen molar-refractivity contribution in [1.82, 2.24) is 18.8 Å². The Hall–Kier alpha value is -0.960. The Labute approximate surface area is 113 Å². The zero-order valence-electron chi connectivity index (χ0n) is 11.4. The number of likely N-dealkylation sites (N-methyl/N-ethyl adjacent to an activating group) is 1. The number of aromatic nitrogens is 2. The smallest absolute Gasteiger partial charge is 0.262 e. The number of sulfonamides is 1. The third-order valence-corrected chi connectivity index (χ3v) is 4.92. The monoisotopic (exact) mass is 288 g/mol. The molecule has 2 heterocycles. The molecule has 1 aromatic rings. The van der Waals surface area contributed by atoms with E-state index < -0.39 is 15.6 Å². The molecular formula is C11H20N4O3S.